The average molecular weight is 529 g/mol. The van der Waals surface area contributed by atoms with E-state index in [-0.39, 0.29) is 27.6 Å². The van der Waals surface area contributed by atoms with E-state index in [1.54, 1.807) is 49.4 Å². The van der Waals surface area contributed by atoms with Gasteiger partial charge in [0.15, 0.2) is 5.70 Å². The summed E-state index contributed by atoms with van der Waals surface area (Å²) in [5, 5.41) is 14.6. The summed E-state index contributed by atoms with van der Waals surface area (Å²) in [7, 11) is -2.31. The number of unbranched alkanes of at least 4 members (excludes halogenated alkanes) is 1. The van der Waals surface area contributed by atoms with Gasteiger partial charge in [-0.15, -0.1) is 0 Å². The number of ether oxygens (including phenoxy) is 1. The average Bonchev–Trinajstić information content (AvgIpc) is 3.11. The van der Waals surface area contributed by atoms with Gasteiger partial charge in [0.1, 0.15) is 17.8 Å². The van der Waals surface area contributed by atoms with Gasteiger partial charge in [0.25, 0.3) is 10.0 Å². The van der Waals surface area contributed by atoms with Gasteiger partial charge in [-0.2, -0.15) is 4.59 Å². The van der Waals surface area contributed by atoms with Crippen molar-refractivity contribution < 1.29 is 32.4 Å². The Morgan fingerprint density at radius 2 is 1.70 bits per heavy atom. The maximum absolute atomic E-state index is 13.0. The highest BCUT2D eigenvalue weighted by Gasteiger charge is 2.42. The minimum atomic E-state index is -4.20. The van der Waals surface area contributed by atoms with Crippen LogP contribution in [0.4, 0.5) is 4.79 Å². The molecule has 0 saturated heterocycles. The van der Waals surface area contributed by atoms with E-state index in [1.165, 1.54) is 6.07 Å². The first-order chi connectivity index (χ1) is 17.4. The van der Waals surface area contributed by atoms with Gasteiger partial charge in [-0.3, -0.25) is 0 Å². The predicted octanol–water partition coefficient (Wildman–Crippen LogP) is 4.86. The Kier molecular flexibility index (Phi) is 8.55. The molecule has 37 heavy (non-hydrogen) atoms. The monoisotopic (exact) mass is 528 g/mol. The van der Waals surface area contributed by atoms with E-state index in [0.29, 0.717) is 34.6 Å². The zero-order chi connectivity index (χ0) is 27.4. The SMILES string of the molecule is CCCC[N+]1(C)N=C(C)C(C(=O)O)=C1c1ccc(-c2ccccc2S(=O)(=O)NC(=O)OCC(C)C)cc1. The highest BCUT2D eigenvalue weighted by molar-refractivity contribution is 7.90. The van der Waals surface area contributed by atoms with Gasteiger partial charge >= 0.3 is 12.1 Å². The summed E-state index contributed by atoms with van der Waals surface area (Å²) in [4.78, 5) is 24.1. The number of aliphatic carboxylic acids is 1. The number of carboxylic acids is 1. The Bertz CT molecular complexity index is 1350. The summed E-state index contributed by atoms with van der Waals surface area (Å²) >= 11 is 0. The van der Waals surface area contributed by atoms with E-state index >= 15 is 0 Å². The summed E-state index contributed by atoms with van der Waals surface area (Å²) in [6.45, 7) is 8.22. The molecule has 0 aromatic heterocycles. The maximum Gasteiger partial charge on any atom is 0.421 e. The van der Waals surface area contributed by atoms with Crippen LogP contribution in [0.2, 0.25) is 0 Å². The molecular formula is C27H34N3O6S+. The molecule has 9 nitrogen and oxygen atoms in total. The molecule has 1 aliphatic heterocycles. The number of carboxylic acid groups (broad SMARTS) is 1. The second kappa shape index (κ2) is 11.3. The minimum absolute atomic E-state index is 0.0625. The third kappa shape index (κ3) is 6.26. The smallest absolute Gasteiger partial charge is 0.421 e. The van der Waals surface area contributed by atoms with Gasteiger partial charge in [0.05, 0.1) is 18.6 Å². The van der Waals surface area contributed by atoms with Gasteiger partial charge in [-0.25, -0.2) is 22.7 Å². The van der Waals surface area contributed by atoms with Crippen molar-refractivity contribution in [1.29, 1.82) is 0 Å². The third-order valence-corrected chi connectivity index (χ3v) is 7.39. The van der Waals surface area contributed by atoms with Crippen molar-refractivity contribution in [3.8, 4) is 11.1 Å². The van der Waals surface area contributed by atoms with Crippen LogP contribution in [0, 0.1) is 5.92 Å². The van der Waals surface area contributed by atoms with Crippen LogP contribution < -0.4 is 4.72 Å². The molecule has 1 aliphatic rings. The second-order valence-corrected chi connectivity index (χ2v) is 11.3. The Morgan fingerprint density at radius 1 is 1.08 bits per heavy atom. The number of rotatable bonds is 10. The van der Waals surface area contributed by atoms with E-state index in [4.69, 9.17) is 4.74 Å². The van der Waals surface area contributed by atoms with Crippen LogP contribution >= 0.6 is 0 Å². The van der Waals surface area contributed by atoms with Crippen LogP contribution in [0.15, 0.2) is 64.1 Å². The molecule has 198 valence electrons. The molecule has 0 spiro atoms. The predicted molar refractivity (Wildman–Crippen MR) is 142 cm³/mol. The van der Waals surface area contributed by atoms with Crippen molar-refractivity contribution in [1.82, 2.24) is 4.72 Å². The molecule has 0 fully saturated rings. The molecule has 1 atom stereocenters. The normalized spacial score (nSPS) is 17.6. The van der Waals surface area contributed by atoms with E-state index in [0.717, 1.165) is 12.8 Å². The van der Waals surface area contributed by atoms with Crippen LogP contribution in [0.3, 0.4) is 0 Å². The van der Waals surface area contributed by atoms with Crippen molar-refractivity contribution in [2.75, 3.05) is 20.2 Å². The largest absolute Gasteiger partial charge is 0.477 e. The number of quaternary nitrogens is 1. The lowest BCUT2D eigenvalue weighted by molar-refractivity contribution is -0.844. The standard InChI is InChI=1S/C27H33N3O6S/c1-6-7-16-30(5)25(24(26(31)32)19(4)28-30)21-14-12-20(13-15-21)22-10-8-9-11-23(22)37(34,35)29-27(33)36-17-18(2)3/h8-15,18H,6-7,16-17H2,1-5H3,(H-,29,31,32,33)/p+1. The molecule has 1 heterocycles. The van der Waals surface area contributed by atoms with Crippen molar-refractivity contribution >= 4 is 33.5 Å². The summed E-state index contributed by atoms with van der Waals surface area (Å²) in [5.41, 5.74) is 2.93. The molecule has 10 heteroatoms. The molecule has 1 unspecified atom stereocenters. The number of hydrogen-bond donors (Lipinski definition) is 2. The number of amides is 1. The zero-order valence-electron chi connectivity index (χ0n) is 21.8. The number of sulfonamides is 1. The van der Waals surface area contributed by atoms with Crippen LogP contribution in [-0.4, -0.2) is 56.1 Å². The van der Waals surface area contributed by atoms with Crippen molar-refractivity contribution in [2.45, 2.75) is 45.4 Å². The van der Waals surface area contributed by atoms with E-state index in [9.17, 15) is 23.1 Å². The molecule has 3 rings (SSSR count). The fraction of sp³-hybridized carbons (Fsp3) is 0.370. The van der Waals surface area contributed by atoms with Crippen molar-refractivity contribution in [3.63, 3.8) is 0 Å². The molecule has 0 saturated carbocycles. The fourth-order valence-electron chi connectivity index (χ4n) is 4.33. The van der Waals surface area contributed by atoms with Gasteiger partial charge in [-0.05, 0) is 43.0 Å². The molecule has 2 aromatic rings. The molecular weight excluding hydrogens is 494 g/mol. The lowest BCUT2D eigenvalue weighted by Crippen LogP contribution is -2.36. The van der Waals surface area contributed by atoms with Crippen molar-refractivity contribution in [3.05, 3.63) is 59.7 Å². The molecule has 2 aromatic carbocycles. The molecule has 2 N–H and O–H groups in total. The summed E-state index contributed by atoms with van der Waals surface area (Å²) in [6, 6.07) is 13.4. The van der Waals surface area contributed by atoms with Crippen molar-refractivity contribution in [2.24, 2.45) is 11.0 Å². The summed E-state index contributed by atoms with van der Waals surface area (Å²) in [5.74, 6) is -0.974. The van der Waals surface area contributed by atoms with E-state index < -0.39 is 22.1 Å². The fourth-order valence-corrected chi connectivity index (χ4v) is 5.45. The first-order valence-corrected chi connectivity index (χ1v) is 13.7. The first-order valence-electron chi connectivity index (χ1n) is 12.2. The number of nitrogens with zero attached hydrogens (tertiary/aromatic N) is 2. The minimum Gasteiger partial charge on any atom is -0.477 e. The third-order valence-electron chi connectivity index (χ3n) is 6.02. The molecule has 1 amide bonds. The molecule has 0 radical (unpaired) electrons. The van der Waals surface area contributed by atoms with Crippen LogP contribution in [0.1, 0.15) is 46.1 Å². The highest BCUT2D eigenvalue weighted by Crippen LogP contribution is 2.37. The Balaban J connectivity index is 1.99. The van der Waals surface area contributed by atoms with E-state index in [2.05, 4.69) is 12.0 Å². The molecule has 0 aliphatic carbocycles. The molecule has 0 bridgehead atoms. The summed E-state index contributed by atoms with van der Waals surface area (Å²) < 4.78 is 33.1. The summed E-state index contributed by atoms with van der Waals surface area (Å²) in [6.07, 6.45) is 0.786. The lowest BCUT2D eigenvalue weighted by atomic mass is 9.99. The van der Waals surface area contributed by atoms with Crippen LogP contribution in [0.25, 0.3) is 16.8 Å². The van der Waals surface area contributed by atoms with Crippen LogP contribution in [0.5, 0.6) is 0 Å². The first kappa shape index (κ1) is 28.1. The number of carbonyl (C=O) groups excluding carboxylic acids is 1. The second-order valence-electron chi connectivity index (χ2n) is 9.60. The number of nitrogens with one attached hydrogen (secondary N) is 1. The Labute approximate surface area is 218 Å². The quantitative estimate of drug-likeness (QED) is 0.425. The number of carbonyl (C=O) groups is 2. The van der Waals surface area contributed by atoms with E-state index in [1.807, 2.05) is 25.6 Å². The Morgan fingerprint density at radius 3 is 2.30 bits per heavy atom. The Hall–Kier alpha value is -3.50. The number of hydrogen-bond acceptors (Lipinski definition) is 6. The van der Waals surface area contributed by atoms with Gasteiger partial charge in [0.2, 0.25) is 0 Å². The highest BCUT2D eigenvalue weighted by atomic mass is 32.2. The topological polar surface area (TPSA) is 122 Å². The zero-order valence-corrected chi connectivity index (χ0v) is 22.6. The van der Waals surface area contributed by atoms with Gasteiger partial charge in [-0.1, -0.05) is 62.6 Å². The van der Waals surface area contributed by atoms with Crippen LogP contribution in [-0.2, 0) is 19.6 Å². The lowest BCUT2D eigenvalue weighted by Gasteiger charge is -2.27. The van der Waals surface area contributed by atoms with Gasteiger partial charge in [0, 0.05) is 11.1 Å². The maximum atomic E-state index is 13.0. The van der Waals surface area contributed by atoms with Gasteiger partial charge < -0.3 is 9.84 Å². The number of benzene rings is 2.